The van der Waals surface area contributed by atoms with Crippen molar-refractivity contribution in [3.05, 3.63) is 235 Å². The normalized spacial score (nSPS) is 13.4. The van der Waals surface area contributed by atoms with Crippen LogP contribution in [-0.2, 0) is 5.41 Å². The molecule has 1 heterocycles. The lowest BCUT2D eigenvalue weighted by Crippen LogP contribution is -2.17. The van der Waals surface area contributed by atoms with E-state index in [0.29, 0.717) is 0 Å². The van der Waals surface area contributed by atoms with Gasteiger partial charge in [0.2, 0.25) is 0 Å². The summed E-state index contributed by atoms with van der Waals surface area (Å²) < 4.78 is 2.39. The van der Waals surface area contributed by atoms with Crippen LogP contribution in [0.4, 0.5) is 17.1 Å². The molecule has 1 aromatic heterocycles. The summed E-state index contributed by atoms with van der Waals surface area (Å²) >= 11 is 0. The molecule has 0 saturated carbocycles. The van der Waals surface area contributed by atoms with Gasteiger partial charge in [0.15, 0.2) is 0 Å². The molecular formula is C62H50N2. The van der Waals surface area contributed by atoms with Crippen molar-refractivity contribution in [2.24, 2.45) is 0 Å². The largest absolute Gasteiger partial charge is 0.310 e. The Morgan fingerprint density at radius 2 is 1.06 bits per heavy atom. The number of rotatable bonds is 9. The molecule has 0 radical (unpaired) electrons. The number of para-hydroxylation sites is 2. The second-order valence-corrected chi connectivity index (χ2v) is 17.6. The number of anilines is 3. The Hall–Kier alpha value is -7.68. The quantitative estimate of drug-likeness (QED) is 0.141. The van der Waals surface area contributed by atoms with E-state index >= 15 is 0 Å². The molecule has 0 fully saturated rings. The van der Waals surface area contributed by atoms with Crippen molar-refractivity contribution >= 4 is 55.2 Å². The number of hydrogen-bond acceptors (Lipinski definition) is 1. The summed E-state index contributed by atoms with van der Waals surface area (Å²) in [7, 11) is 0. The van der Waals surface area contributed by atoms with Gasteiger partial charge in [-0.2, -0.15) is 0 Å². The number of benzene rings is 9. The van der Waals surface area contributed by atoms with Crippen LogP contribution in [0.15, 0.2) is 224 Å². The van der Waals surface area contributed by atoms with Crippen molar-refractivity contribution < 1.29 is 0 Å². The Morgan fingerprint density at radius 1 is 0.469 bits per heavy atom. The lowest BCUT2D eigenvalue weighted by atomic mass is 9.81. The van der Waals surface area contributed by atoms with Gasteiger partial charge in [0, 0.05) is 38.6 Å². The van der Waals surface area contributed by atoms with Gasteiger partial charge in [-0.15, -0.1) is 0 Å². The SMILES string of the molecule is CC/C=C\C1=C(C)C(C)(C)c2cc(N(c3ccc(-c4cccc(-c5ccccc5)c4)cc3)c3ccc(-c4ccc5c(c4)c4ccccc4n5-c4ccccc4)c4ccccc34)ccc21. The molecule has 1 aliphatic carbocycles. The zero-order valence-electron chi connectivity index (χ0n) is 36.9. The van der Waals surface area contributed by atoms with Gasteiger partial charge in [-0.05, 0) is 136 Å². The molecule has 0 bridgehead atoms. The van der Waals surface area contributed by atoms with Gasteiger partial charge in [-0.3, -0.25) is 0 Å². The maximum absolute atomic E-state index is 2.47. The van der Waals surface area contributed by atoms with E-state index in [4.69, 9.17) is 0 Å². The molecule has 1 aliphatic rings. The molecule has 0 aliphatic heterocycles. The average Bonchev–Trinajstić information content (AvgIpc) is 3.78. The molecule has 308 valence electrons. The second-order valence-electron chi connectivity index (χ2n) is 17.6. The van der Waals surface area contributed by atoms with Crippen molar-refractivity contribution in [3.8, 4) is 39.1 Å². The van der Waals surface area contributed by atoms with Crippen LogP contribution < -0.4 is 4.90 Å². The third kappa shape index (κ3) is 6.57. The standard InChI is InChI=1S/C62H50N2/c1-5-6-24-51-42(2)62(3,4)58-41-50(34-35-54(51)58)63(49-32-29-44(30-33-49)46-21-17-20-45(39-46)43-18-9-7-10-19-43)60-38-36-52(53-25-13-14-26-55(53)60)47-31-37-61-57(40-47)56-27-15-16-28-59(56)64(61)48-22-11-8-12-23-48/h6-41H,5H2,1-4H3/b24-6-. The molecule has 9 aromatic carbocycles. The minimum Gasteiger partial charge on any atom is -0.310 e. The van der Waals surface area contributed by atoms with E-state index in [-0.39, 0.29) is 5.41 Å². The van der Waals surface area contributed by atoms with Crippen LogP contribution in [0.2, 0.25) is 0 Å². The molecule has 11 rings (SSSR count). The topological polar surface area (TPSA) is 8.17 Å². The first-order chi connectivity index (χ1) is 31.4. The molecule has 64 heavy (non-hydrogen) atoms. The highest BCUT2D eigenvalue weighted by Gasteiger charge is 2.35. The van der Waals surface area contributed by atoms with E-state index < -0.39 is 0 Å². The first-order valence-corrected chi connectivity index (χ1v) is 22.6. The highest BCUT2D eigenvalue weighted by molar-refractivity contribution is 6.12. The third-order valence-electron chi connectivity index (χ3n) is 13.7. The number of hydrogen-bond donors (Lipinski definition) is 0. The van der Waals surface area contributed by atoms with Gasteiger partial charge >= 0.3 is 0 Å². The predicted molar refractivity (Wildman–Crippen MR) is 274 cm³/mol. The summed E-state index contributed by atoms with van der Waals surface area (Å²) in [5, 5.41) is 4.92. The Labute approximate surface area is 376 Å². The first kappa shape index (κ1) is 39.2. The Morgan fingerprint density at radius 3 is 1.81 bits per heavy atom. The van der Waals surface area contributed by atoms with Gasteiger partial charge in [0.25, 0.3) is 0 Å². The van der Waals surface area contributed by atoms with Gasteiger partial charge in [-0.25, -0.2) is 0 Å². The number of fused-ring (bicyclic) bond motifs is 5. The van der Waals surface area contributed by atoms with Crippen molar-refractivity contribution in [2.45, 2.75) is 39.5 Å². The summed E-state index contributed by atoms with van der Waals surface area (Å²) in [4.78, 5) is 2.47. The third-order valence-corrected chi connectivity index (χ3v) is 13.7. The molecule has 0 saturated heterocycles. The fraction of sp³-hybridized carbons (Fsp3) is 0.0968. The fourth-order valence-corrected chi connectivity index (χ4v) is 10.1. The highest BCUT2D eigenvalue weighted by Crippen LogP contribution is 2.50. The van der Waals surface area contributed by atoms with E-state index in [1.54, 1.807) is 0 Å². The zero-order chi connectivity index (χ0) is 43.4. The molecule has 0 amide bonds. The molecular weight excluding hydrogens is 773 g/mol. The van der Waals surface area contributed by atoms with Crippen LogP contribution in [-0.4, -0.2) is 4.57 Å². The molecule has 2 heteroatoms. The van der Waals surface area contributed by atoms with Crippen LogP contribution in [0.25, 0.3) is 77.2 Å². The van der Waals surface area contributed by atoms with Crippen molar-refractivity contribution in [1.82, 2.24) is 4.57 Å². The number of nitrogens with zero attached hydrogens (tertiary/aromatic N) is 2. The molecule has 0 unspecified atom stereocenters. The van der Waals surface area contributed by atoms with E-state index in [2.05, 4.69) is 256 Å². The second kappa shape index (κ2) is 15.9. The minimum atomic E-state index is -0.105. The smallest absolute Gasteiger partial charge is 0.0541 e. The van der Waals surface area contributed by atoms with E-state index in [9.17, 15) is 0 Å². The number of aromatic nitrogens is 1. The van der Waals surface area contributed by atoms with E-state index in [1.165, 1.54) is 93.9 Å². The summed E-state index contributed by atoms with van der Waals surface area (Å²) in [6.45, 7) is 9.26. The summed E-state index contributed by atoms with van der Waals surface area (Å²) in [5.41, 5.74) is 19.6. The van der Waals surface area contributed by atoms with Crippen LogP contribution in [0.1, 0.15) is 45.2 Å². The van der Waals surface area contributed by atoms with Crippen molar-refractivity contribution in [3.63, 3.8) is 0 Å². The average molecular weight is 823 g/mol. The van der Waals surface area contributed by atoms with Crippen LogP contribution in [0.3, 0.4) is 0 Å². The Bertz CT molecular complexity index is 3440. The zero-order valence-corrected chi connectivity index (χ0v) is 36.9. The molecule has 0 spiro atoms. The van der Waals surface area contributed by atoms with Gasteiger partial charge in [-0.1, -0.05) is 178 Å². The molecule has 10 aromatic rings. The predicted octanol–water partition coefficient (Wildman–Crippen LogP) is 17.4. The lowest BCUT2D eigenvalue weighted by Gasteiger charge is -2.30. The van der Waals surface area contributed by atoms with E-state index in [1.807, 2.05) is 0 Å². The Kier molecular flexibility index (Phi) is 9.74. The maximum Gasteiger partial charge on any atom is 0.0541 e. The summed E-state index contributed by atoms with van der Waals surface area (Å²) in [5.74, 6) is 0. The summed E-state index contributed by atoms with van der Waals surface area (Å²) in [6, 6.07) is 75.8. The molecule has 0 atom stereocenters. The van der Waals surface area contributed by atoms with Crippen LogP contribution in [0, 0.1) is 0 Å². The minimum absolute atomic E-state index is 0.105. The highest BCUT2D eigenvalue weighted by atomic mass is 15.1. The van der Waals surface area contributed by atoms with Gasteiger partial charge < -0.3 is 9.47 Å². The monoisotopic (exact) mass is 822 g/mol. The van der Waals surface area contributed by atoms with Crippen molar-refractivity contribution in [2.75, 3.05) is 4.90 Å². The number of allylic oxidation sites excluding steroid dienone is 4. The molecule has 0 N–H and O–H groups in total. The van der Waals surface area contributed by atoms with Crippen LogP contribution >= 0.6 is 0 Å². The lowest BCUT2D eigenvalue weighted by molar-refractivity contribution is 0.639. The Balaban J connectivity index is 1.06. The molecule has 2 nitrogen and oxygen atoms in total. The van der Waals surface area contributed by atoms with Gasteiger partial charge in [0.1, 0.15) is 0 Å². The fourth-order valence-electron chi connectivity index (χ4n) is 10.1. The van der Waals surface area contributed by atoms with E-state index in [0.717, 1.165) is 23.5 Å². The van der Waals surface area contributed by atoms with Crippen LogP contribution in [0.5, 0.6) is 0 Å². The first-order valence-electron chi connectivity index (χ1n) is 22.6. The summed E-state index contributed by atoms with van der Waals surface area (Å²) in [6.07, 6.45) is 5.63. The van der Waals surface area contributed by atoms with Crippen molar-refractivity contribution in [1.29, 1.82) is 0 Å². The van der Waals surface area contributed by atoms with Gasteiger partial charge in [0.05, 0.1) is 16.7 Å². The maximum atomic E-state index is 2.47.